The summed E-state index contributed by atoms with van der Waals surface area (Å²) in [6.45, 7) is 4.72. The molecule has 6 nitrogen and oxygen atoms in total. The van der Waals surface area contributed by atoms with Gasteiger partial charge in [0.25, 0.3) is 17.7 Å². The summed E-state index contributed by atoms with van der Waals surface area (Å²) in [5.74, 6) is -0.883. The number of hydrogen-bond acceptors (Lipinski definition) is 4. The van der Waals surface area contributed by atoms with E-state index in [1.165, 1.54) is 13.1 Å². The average Bonchev–Trinajstić information content (AvgIpc) is 2.78. The molecule has 122 valence electrons. The SMILES string of the molecule is CN1C(=O)c2ccc(C(=O)NCC3(C)CCNCC3)cc2C1=O. The number of rotatable bonds is 3. The Kier molecular flexibility index (Phi) is 3.93. The molecule has 0 atom stereocenters. The summed E-state index contributed by atoms with van der Waals surface area (Å²) < 4.78 is 0. The maximum Gasteiger partial charge on any atom is 0.261 e. The number of benzene rings is 1. The van der Waals surface area contributed by atoms with E-state index in [4.69, 9.17) is 0 Å². The first-order valence-electron chi connectivity index (χ1n) is 7.87. The van der Waals surface area contributed by atoms with Gasteiger partial charge in [-0.25, -0.2) is 0 Å². The summed E-state index contributed by atoms with van der Waals surface area (Å²) in [5.41, 5.74) is 1.18. The Labute approximate surface area is 135 Å². The Bertz CT molecular complexity index is 678. The zero-order valence-corrected chi connectivity index (χ0v) is 13.4. The molecule has 0 unspecified atom stereocenters. The molecule has 0 saturated carbocycles. The van der Waals surface area contributed by atoms with Crippen LogP contribution in [0.15, 0.2) is 18.2 Å². The number of carbonyl (C=O) groups is 3. The zero-order chi connectivity index (χ0) is 16.6. The first-order chi connectivity index (χ1) is 10.9. The highest BCUT2D eigenvalue weighted by Gasteiger charge is 2.33. The van der Waals surface area contributed by atoms with Gasteiger partial charge in [0.05, 0.1) is 11.1 Å². The van der Waals surface area contributed by atoms with E-state index >= 15 is 0 Å². The van der Waals surface area contributed by atoms with Crippen molar-refractivity contribution in [2.75, 3.05) is 26.7 Å². The average molecular weight is 315 g/mol. The van der Waals surface area contributed by atoms with Gasteiger partial charge in [-0.15, -0.1) is 0 Å². The molecule has 0 radical (unpaired) electrons. The summed E-state index contributed by atoms with van der Waals surface area (Å²) in [5, 5.41) is 6.27. The highest BCUT2D eigenvalue weighted by molar-refractivity contribution is 6.21. The Morgan fingerprint density at radius 2 is 1.87 bits per heavy atom. The van der Waals surface area contributed by atoms with Crippen LogP contribution in [-0.4, -0.2) is 49.3 Å². The molecule has 1 saturated heterocycles. The third kappa shape index (κ3) is 2.86. The van der Waals surface area contributed by atoms with E-state index in [1.807, 2.05) is 0 Å². The maximum atomic E-state index is 12.4. The van der Waals surface area contributed by atoms with Gasteiger partial charge in [-0.3, -0.25) is 19.3 Å². The number of imide groups is 1. The predicted octanol–water partition coefficient (Wildman–Crippen LogP) is 1.03. The van der Waals surface area contributed by atoms with Gasteiger partial charge in [0.1, 0.15) is 0 Å². The largest absolute Gasteiger partial charge is 0.351 e. The molecule has 0 bridgehead atoms. The zero-order valence-electron chi connectivity index (χ0n) is 13.4. The molecule has 0 spiro atoms. The number of nitrogens with one attached hydrogen (secondary N) is 2. The van der Waals surface area contributed by atoms with Crippen LogP contribution in [0, 0.1) is 5.41 Å². The highest BCUT2D eigenvalue weighted by atomic mass is 16.2. The number of nitrogens with zero attached hydrogens (tertiary/aromatic N) is 1. The van der Waals surface area contributed by atoms with Crippen LogP contribution in [0.2, 0.25) is 0 Å². The molecule has 23 heavy (non-hydrogen) atoms. The van der Waals surface area contributed by atoms with Crippen LogP contribution in [0.3, 0.4) is 0 Å². The van der Waals surface area contributed by atoms with Gasteiger partial charge in [-0.05, 0) is 49.5 Å². The molecule has 3 amide bonds. The van der Waals surface area contributed by atoms with E-state index < -0.39 is 0 Å². The molecular formula is C17H21N3O3. The third-order valence-corrected chi connectivity index (χ3v) is 4.84. The second-order valence-electron chi connectivity index (χ2n) is 6.67. The fraction of sp³-hybridized carbons (Fsp3) is 0.471. The number of hydrogen-bond donors (Lipinski definition) is 2. The molecule has 2 heterocycles. The predicted molar refractivity (Wildman–Crippen MR) is 85.4 cm³/mol. The van der Waals surface area contributed by atoms with Gasteiger partial charge in [0.15, 0.2) is 0 Å². The molecule has 1 aromatic rings. The van der Waals surface area contributed by atoms with Crippen molar-refractivity contribution in [3.05, 3.63) is 34.9 Å². The van der Waals surface area contributed by atoms with E-state index in [1.54, 1.807) is 12.1 Å². The molecule has 2 aliphatic rings. The van der Waals surface area contributed by atoms with Gasteiger partial charge >= 0.3 is 0 Å². The Morgan fingerprint density at radius 3 is 2.57 bits per heavy atom. The summed E-state index contributed by atoms with van der Waals surface area (Å²) in [6, 6.07) is 4.67. The summed E-state index contributed by atoms with van der Waals surface area (Å²) in [6.07, 6.45) is 2.05. The van der Waals surface area contributed by atoms with Crippen molar-refractivity contribution < 1.29 is 14.4 Å². The number of amides is 3. The minimum absolute atomic E-state index is 0.101. The number of fused-ring (bicyclic) bond motifs is 1. The number of piperidine rings is 1. The number of carbonyl (C=O) groups excluding carboxylic acids is 3. The summed E-state index contributed by atoms with van der Waals surface area (Å²) >= 11 is 0. The van der Waals surface area contributed by atoms with Crippen LogP contribution in [-0.2, 0) is 0 Å². The first kappa shape index (κ1) is 15.7. The molecule has 2 aliphatic heterocycles. The Balaban J connectivity index is 1.72. The normalized spacial score (nSPS) is 19.7. The van der Waals surface area contributed by atoms with E-state index in [0.29, 0.717) is 23.2 Å². The fourth-order valence-corrected chi connectivity index (χ4v) is 3.11. The van der Waals surface area contributed by atoms with Gasteiger partial charge < -0.3 is 10.6 Å². The van der Waals surface area contributed by atoms with E-state index in [0.717, 1.165) is 30.8 Å². The summed E-state index contributed by atoms with van der Waals surface area (Å²) in [7, 11) is 1.45. The lowest BCUT2D eigenvalue weighted by atomic mass is 9.81. The van der Waals surface area contributed by atoms with E-state index in [-0.39, 0.29) is 23.1 Å². The van der Waals surface area contributed by atoms with Crippen molar-refractivity contribution in [3.63, 3.8) is 0 Å². The Hall–Kier alpha value is -2.21. The maximum absolute atomic E-state index is 12.4. The van der Waals surface area contributed by atoms with Crippen LogP contribution < -0.4 is 10.6 Å². The fourth-order valence-electron chi connectivity index (χ4n) is 3.11. The monoisotopic (exact) mass is 315 g/mol. The molecule has 3 rings (SSSR count). The molecule has 6 heteroatoms. The third-order valence-electron chi connectivity index (χ3n) is 4.84. The standard InChI is InChI=1S/C17H21N3O3/c1-17(5-7-18-8-6-17)10-19-14(21)11-3-4-12-13(9-11)16(23)20(2)15(12)22/h3-4,9,18H,5-8,10H2,1-2H3,(H,19,21). The van der Waals surface area contributed by atoms with Crippen molar-refractivity contribution in [2.24, 2.45) is 5.41 Å². The van der Waals surface area contributed by atoms with Crippen LogP contribution in [0.4, 0.5) is 0 Å². The quantitative estimate of drug-likeness (QED) is 0.817. The smallest absolute Gasteiger partial charge is 0.261 e. The summed E-state index contributed by atoms with van der Waals surface area (Å²) in [4.78, 5) is 37.3. The van der Waals surface area contributed by atoms with Crippen LogP contribution in [0.5, 0.6) is 0 Å². The highest BCUT2D eigenvalue weighted by Crippen LogP contribution is 2.27. The second-order valence-corrected chi connectivity index (χ2v) is 6.67. The van der Waals surface area contributed by atoms with Crippen LogP contribution in [0.1, 0.15) is 50.8 Å². The second kappa shape index (κ2) is 5.77. The van der Waals surface area contributed by atoms with Crippen molar-refractivity contribution in [3.8, 4) is 0 Å². The van der Waals surface area contributed by atoms with Crippen molar-refractivity contribution in [1.29, 1.82) is 0 Å². The molecule has 2 N–H and O–H groups in total. The molecule has 0 aliphatic carbocycles. The van der Waals surface area contributed by atoms with Crippen molar-refractivity contribution in [2.45, 2.75) is 19.8 Å². The van der Waals surface area contributed by atoms with Gasteiger partial charge in [-0.1, -0.05) is 6.92 Å². The van der Waals surface area contributed by atoms with E-state index in [2.05, 4.69) is 17.6 Å². The van der Waals surface area contributed by atoms with Crippen LogP contribution in [0.25, 0.3) is 0 Å². The molecule has 1 aromatic carbocycles. The van der Waals surface area contributed by atoms with Crippen LogP contribution >= 0.6 is 0 Å². The molecule has 0 aromatic heterocycles. The minimum atomic E-state index is -0.357. The minimum Gasteiger partial charge on any atom is -0.351 e. The first-order valence-corrected chi connectivity index (χ1v) is 7.87. The lowest BCUT2D eigenvalue weighted by Gasteiger charge is -2.34. The lowest BCUT2D eigenvalue weighted by molar-refractivity contribution is 0.0693. The van der Waals surface area contributed by atoms with Crippen molar-refractivity contribution in [1.82, 2.24) is 15.5 Å². The van der Waals surface area contributed by atoms with E-state index in [9.17, 15) is 14.4 Å². The topological polar surface area (TPSA) is 78.5 Å². The lowest BCUT2D eigenvalue weighted by Crippen LogP contribution is -2.42. The Morgan fingerprint density at radius 1 is 1.22 bits per heavy atom. The molecular weight excluding hydrogens is 294 g/mol. The van der Waals surface area contributed by atoms with Gasteiger partial charge in [-0.2, -0.15) is 0 Å². The van der Waals surface area contributed by atoms with Gasteiger partial charge in [0.2, 0.25) is 0 Å². The van der Waals surface area contributed by atoms with Gasteiger partial charge in [0, 0.05) is 19.2 Å². The van der Waals surface area contributed by atoms with Crippen molar-refractivity contribution >= 4 is 17.7 Å². The molecule has 1 fully saturated rings.